The zero-order valence-corrected chi connectivity index (χ0v) is 12.7. The lowest BCUT2D eigenvalue weighted by molar-refractivity contribution is 0.0931. The Morgan fingerprint density at radius 1 is 1.24 bits per heavy atom. The minimum absolute atomic E-state index is 0.125. The van der Waals surface area contributed by atoms with E-state index < -0.39 is 0 Å². The lowest BCUT2D eigenvalue weighted by Crippen LogP contribution is -2.28. The summed E-state index contributed by atoms with van der Waals surface area (Å²) in [4.78, 5) is 12.3. The van der Waals surface area contributed by atoms with Crippen LogP contribution < -0.4 is 14.8 Å². The molecule has 1 aromatic heterocycles. The molecular weight excluding hydrogens is 268 g/mol. The molecule has 0 aliphatic rings. The molecule has 5 nitrogen and oxygen atoms in total. The average molecular weight is 288 g/mol. The molecule has 0 aliphatic heterocycles. The number of nitrogens with zero attached hydrogens (tertiary/aromatic N) is 1. The molecule has 0 saturated carbocycles. The Morgan fingerprint density at radius 3 is 2.57 bits per heavy atom. The average Bonchev–Trinajstić information content (AvgIpc) is 2.92. The Labute approximate surface area is 124 Å². The van der Waals surface area contributed by atoms with E-state index in [4.69, 9.17) is 9.47 Å². The van der Waals surface area contributed by atoms with Gasteiger partial charge in [0.25, 0.3) is 5.91 Å². The number of hydrogen-bond donors (Lipinski definition) is 1. The first-order chi connectivity index (χ1) is 10.1. The molecule has 21 heavy (non-hydrogen) atoms. The number of methoxy groups -OCH3 is 2. The van der Waals surface area contributed by atoms with Crippen molar-refractivity contribution < 1.29 is 14.3 Å². The van der Waals surface area contributed by atoms with Crippen LogP contribution in [0.2, 0.25) is 0 Å². The molecule has 1 heterocycles. The minimum atomic E-state index is -0.197. The number of hydrogen-bond acceptors (Lipinski definition) is 3. The second-order valence-corrected chi connectivity index (χ2v) is 4.81. The van der Waals surface area contributed by atoms with Crippen molar-refractivity contribution in [2.75, 3.05) is 14.2 Å². The molecule has 0 spiro atoms. The van der Waals surface area contributed by atoms with Crippen LogP contribution in [0.15, 0.2) is 36.5 Å². The molecule has 2 aromatic rings. The summed E-state index contributed by atoms with van der Waals surface area (Å²) in [7, 11) is 5.06. The lowest BCUT2D eigenvalue weighted by atomic mass is 10.1. The Balaban J connectivity index is 2.22. The largest absolute Gasteiger partial charge is 0.497 e. The molecule has 5 heteroatoms. The van der Waals surface area contributed by atoms with Crippen LogP contribution in [-0.2, 0) is 7.05 Å². The molecule has 0 bridgehead atoms. The van der Waals surface area contributed by atoms with Crippen molar-refractivity contribution in [3.63, 3.8) is 0 Å². The third-order valence-electron chi connectivity index (χ3n) is 3.43. The van der Waals surface area contributed by atoms with E-state index >= 15 is 0 Å². The van der Waals surface area contributed by atoms with E-state index in [2.05, 4.69) is 5.32 Å². The summed E-state index contributed by atoms with van der Waals surface area (Å²) in [6.07, 6.45) is 1.84. The predicted octanol–water partition coefficient (Wildman–Crippen LogP) is 2.53. The molecule has 1 amide bonds. The predicted molar refractivity (Wildman–Crippen MR) is 80.8 cm³/mol. The van der Waals surface area contributed by atoms with Gasteiger partial charge in [0.05, 0.1) is 20.3 Å². The van der Waals surface area contributed by atoms with Crippen molar-refractivity contribution >= 4 is 5.91 Å². The van der Waals surface area contributed by atoms with Crippen LogP contribution in [0.25, 0.3) is 0 Å². The fraction of sp³-hybridized carbons (Fsp3) is 0.312. The van der Waals surface area contributed by atoms with E-state index in [1.165, 1.54) is 0 Å². The summed E-state index contributed by atoms with van der Waals surface area (Å²) in [5.74, 6) is 1.32. The first-order valence-corrected chi connectivity index (χ1v) is 6.71. The molecule has 0 radical (unpaired) electrons. The molecule has 1 atom stereocenters. The molecule has 112 valence electrons. The van der Waals surface area contributed by atoms with Gasteiger partial charge in [0, 0.05) is 18.8 Å². The van der Waals surface area contributed by atoms with Gasteiger partial charge in [-0.15, -0.1) is 0 Å². The van der Waals surface area contributed by atoms with Crippen molar-refractivity contribution in [3.05, 3.63) is 47.8 Å². The number of aryl methyl sites for hydroxylation is 1. The molecule has 0 aliphatic carbocycles. The van der Waals surface area contributed by atoms with Crippen LogP contribution in [0.4, 0.5) is 0 Å². The van der Waals surface area contributed by atoms with E-state index in [1.807, 2.05) is 44.4 Å². The van der Waals surface area contributed by atoms with Crippen LogP contribution in [-0.4, -0.2) is 24.7 Å². The van der Waals surface area contributed by atoms with E-state index in [0.717, 1.165) is 17.1 Å². The van der Waals surface area contributed by atoms with Crippen LogP contribution >= 0.6 is 0 Å². The van der Waals surface area contributed by atoms with Crippen molar-refractivity contribution in [1.82, 2.24) is 9.88 Å². The van der Waals surface area contributed by atoms with E-state index in [-0.39, 0.29) is 11.9 Å². The van der Waals surface area contributed by atoms with Gasteiger partial charge in [0.15, 0.2) is 0 Å². The standard InChI is InChI=1S/C16H20N2O3/c1-11(17-16(19)14-6-5-9-18(14)2)13-10-12(20-3)7-8-15(13)21-4/h5-11H,1-4H3,(H,17,19). The summed E-state index contributed by atoms with van der Waals surface area (Å²) in [5.41, 5.74) is 1.49. The molecule has 1 aromatic carbocycles. The maximum absolute atomic E-state index is 12.3. The second kappa shape index (κ2) is 6.35. The van der Waals surface area contributed by atoms with E-state index in [0.29, 0.717) is 5.69 Å². The fourth-order valence-electron chi connectivity index (χ4n) is 2.22. The zero-order valence-electron chi connectivity index (χ0n) is 12.7. The minimum Gasteiger partial charge on any atom is -0.497 e. The topological polar surface area (TPSA) is 52.5 Å². The second-order valence-electron chi connectivity index (χ2n) is 4.81. The maximum Gasteiger partial charge on any atom is 0.268 e. The van der Waals surface area contributed by atoms with Gasteiger partial charge in [-0.3, -0.25) is 4.79 Å². The quantitative estimate of drug-likeness (QED) is 0.920. The molecule has 0 saturated heterocycles. The smallest absolute Gasteiger partial charge is 0.268 e. The van der Waals surface area contributed by atoms with Gasteiger partial charge in [-0.25, -0.2) is 0 Å². The third-order valence-corrected chi connectivity index (χ3v) is 3.43. The number of carbonyl (C=O) groups excluding carboxylic acids is 1. The Hall–Kier alpha value is -2.43. The highest BCUT2D eigenvalue weighted by atomic mass is 16.5. The van der Waals surface area contributed by atoms with Gasteiger partial charge in [0.2, 0.25) is 0 Å². The Morgan fingerprint density at radius 2 is 2.00 bits per heavy atom. The summed E-state index contributed by atoms with van der Waals surface area (Å²) < 4.78 is 12.4. The van der Waals surface area contributed by atoms with Gasteiger partial charge in [0.1, 0.15) is 17.2 Å². The SMILES string of the molecule is COc1ccc(OC)c(C(C)NC(=O)c2cccn2C)c1. The van der Waals surface area contributed by atoms with E-state index in [1.54, 1.807) is 24.9 Å². The molecule has 1 N–H and O–H groups in total. The lowest BCUT2D eigenvalue weighted by Gasteiger charge is -2.18. The normalized spacial score (nSPS) is 11.8. The summed E-state index contributed by atoms with van der Waals surface area (Å²) in [6, 6.07) is 8.95. The number of rotatable bonds is 5. The highest BCUT2D eigenvalue weighted by molar-refractivity contribution is 5.93. The first-order valence-electron chi connectivity index (χ1n) is 6.71. The van der Waals surface area contributed by atoms with Crippen LogP contribution in [0, 0.1) is 0 Å². The number of ether oxygens (including phenoxy) is 2. The van der Waals surface area contributed by atoms with Gasteiger partial charge in [-0.1, -0.05) is 0 Å². The summed E-state index contributed by atoms with van der Waals surface area (Å²) in [6.45, 7) is 1.91. The maximum atomic E-state index is 12.3. The van der Waals surface area contributed by atoms with Gasteiger partial charge in [-0.2, -0.15) is 0 Å². The van der Waals surface area contributed by atoms with Crippen LogP contribution in [0.1, 0.15) is 29.0 Å². The highest BCUT2D eigenvalue weighted by Gasteiger charge is 2.17. The van der Waals surface area contributed by atoms with Gasteiger partial charge >= 0.3 is 0 Å². The fourth-order valence-corrected chi connectivity index (χ4v) is 2.22. The van der Waals surface area contributed by atoms with Crippen molar-refractivity contribution in [1.29, 1.82) is 0 Å². The number of nitrogens with one attached hydrogen (secondary N) is 1. The van der Waals surface area contributed by atoms with Crippen molar-refractivity contribution in [2.24, 2.45) is 7.05 Å². The van der Waals surface area contributed by atoms with Gasteiger partial charge in [-0.05, 0) is 37.3 Å². The molecule has 2 rings (SSSR count). The number of amides is 1. The highest BCUT2D eigenvalue weighted by Crippen LogP contribution is 2.29. The number of benzene rings is 1. The molecular formula is C16H20N2O3. The van der Waals surface area contributed by atoms with E-state index in [9.17, 15) is 4.79 Å². The Bertz CT molecular complexity index is 634. The zero-order chi connectivity index (χ0) is 15.4. The van der Waals surface area contributed by atoms with Gasteiger partial charge < -0.3 is 19.4 Å². The summed E-state index contributed by atoms with van der Waals surface area (Å²) in [5, 5.41) is 2.97. The van der Waals surface area contributed by atoms with Crippen molar-refractivity contribution in [2.45, 2.75) is 13.0 Å². The summed E-state index contributed by atoms with van der Waals surface area (Å²) >= 11 is 0. The Kier molecular flexibility index (Phi) is 4.52. The monoisotopic (exact) mass is 288 g/mol. The number of carbonyl (C=O) groups is 1. The molecule has 1 unspecified atom stereocenters. The first kappa shape index (κ1) is 15.0. The molecule has 0 fully saturated rings. The third kappa shape index (κ3) is 3.18. The van der Waals surface area contributed by atoms with Crippen LogP contribution in [0.3, 0.4) is 0 Å². The van der Waals surface area contributed by atoms with Crippen molar-refractivity contribution in [3.8, 4) is 11.5 Å². The van der Waals surface area contributed by atoms with Crippen LogP contribution in [0.5, 0.6) is 11.5 Å². The number of aromatic nitrogens is 1.